The standard InChI is InChI=1S/C16H36N2Si/c1-7-17-14-11-9-10-12-16(14,18-8-2)19-15(5,6)13(3)4/h13-14,17-18H,7-12,19H2,1-6H3. The molecule has 0 aromatic carbocycles. The summed E-state index contributed by atoms with van der Waals surface area (Å²) in [5.74, 6) is 0.791. The molecule has 114 valence electrons. The number of hydrogen-bond acceptors (Lipinski definition) is 2. The van der Waals surface area contributed by atoms with Crippen LogP contribution in [0.4, 0.5) is 0 Å². The first-order valence-electron chi connectivity index (χ1n) is 8.36. The molecule has 1 saturated carbocycles. The Kier molecular flexibility index (Phi) is 6.54. The summed E-state index contributed by atoms with van der Waals surface area (Å²) in [7, 11) is -0.213. The highest BCUT2D eigenvalue weighted by Gasteiger charge is 2.44. The summed E-state index contributed by atoms with van der Waals surface area (Å²) in [4.78, 5) is 0. The molecule has 1 aliphatic carbocycles. The summed E-state index contributed by atoms with van der Waals surface area (Å²) >= 11 is 0. The zero-order valence-corrected chi connectivity index (χ0v) is 15.5. The molecule has 2 N–H and O–H groups in total. The van der Waals surface area contributed by atoms with Gasteiger partial charge in [-0.05, 0) is 36.9 Å². The topological polar surface area (TPSA) is 24.1 Å². The zero-order chi connectivity index (χ0) is 14.5. The predicted octanol–water partition coefficient (Wildman–Crippen LogP) is 2.87. The molecule has 0 aromatic rings. The normalized spacial score (nSPS) is 29.5. The Morgan fingerprint density at radius 3 is 2.42 bits per heavy atom. The lowest BCUT2D eigenvalue weighted by Crippen LogP contribution is -2.66. The highest BCUT2D eigenvalue weighted by molar-refractivity contribution is 6.44. The van der Waals surface area contributed by atoms with Crippen LogP contribution in [0.3, 0.4) is 0 Å². The third-order valence-electron chi connectivity index (χ3n) is 5.35. The van der Waals surface area contributed by atoms with Gasteiger partial charge in [0.05, 0.1) is 9.52 Å². The molecule has 0 radical (unpaired) electrons. The first-order chi connectivity index (χ1) is 8.88. The quantitative estimate of drug-likeness (QED) is 0.703. The molecule has 0 spiro atoms. The fourth-order valence-corrected chi connectivity index (χ4v) is 7.07. The van der Waals surface area contributed by atoms with E-state index < -0.39 is 0 Å². The van der Waals surface area contributed by atoms with Crippen molar-refractivity contribution in [1.82, 2.24) is 10.6 Å². The fraction of sp³-hybridized carbons (Fsp3) is 1.00. The molecule has 0 aromatic heterocycles. The van der Waals surface area contributed by atoms with E-state index >= 15 is 0 Å². The smallest absolute Gasteiger partial charge is 0.0528 e. The van der Waals surface area contributed by atoms with Gasteiger partial charge in [0.1, 0.15) is 0 Å². The van der Waals surface area contributed by atoms with Gasteiger partial charge in [-0.3, -0.25) is 0 Å². The number of nitrogens with one attached hydrogen (secondary N) is 2. The lowest BCUT2D eigenvalue weighted by molar-refractivity contribution is 0.241. The second-order valence-electron chi connectivity index (χ2n) is 7.36. The minimum atomic E-state index is -0.213. The van der Waals surface area contributed by atoms with Crippen molar-refractivity contribution in [2.45, 2.75) is 83.5 Å². The molecular weight excluding hydrogens is 248 g/mol. The minimum Gasteiger partial charge on any atom is -0.313 e. The summed E-state index contributed by atoms with van der Waals surface area (Å²) in [5, 5.41) is 8.71. The van der Waals surface area contributed by atoms with E-state index in [4.69, 9.17) is 0 Å². The van der Waals surface area contributed by atoms with Crippen LogP contribution in [0.5, 0.6) is 0 Å². The molecular formula is C16H36N2Si. The van der Waals surface area contributed by atoms with E-state index in [1.807, 2.05) is 0 Å². The average molecular weight is 285 g/mol. The highest BCUT2D eigenvalue weighted by atomic mass is 28.2. The van der Waals surface area contributed by atoms with E-state index in [0.717, 1.165) is 19.0 Å². The van der Waals surface area contributed by atoms with Crippen molar-refractivity contribution in [3.8, 4) is 0 Å². The maximum absolute atomic E-state index is 3.94. The van der Waals surface area contributed by atoms with Crippen LogP contribution in [-0.2, 0) is 0 Å². The SMILES string of the molecule is CCNC1CCCCC1(NCC)[SiH2]C(C)(C)C(C)C. The van der Waals surface area contributed by atoms with Crippen LogP contribution in [0.2, 0.25) is 5.04 Å². The molecule has 0 heterocycles. The molecule has 1 aliphatic rings. The summed E-state index contributed by atoms with van der Waals surface area (Å²) in [6.07, 6.45) is 5.57. The van der Waals surface area contributed by atoms with Crippen LogP contribution in [-0.4, -0.2) is 33.8 Å². The van der Waals surface area contributed by atoms with Crippen LogP contribution in [0.1, 0.15) is 67.2 Å². The van der Waals surface area contributed by atoms with Crippen LogP contribution in [0.25, 0.3) is 0 Å². The zero-order valence-electron chi connectivity index (χ0n) is 14.1. The molecule has 19 heavy (non-hydrogen) atoms. The summed E-state index contributed by atoms with van der Waals surface area (Å²) in [6, 6.07) is 0.705. The Morgan fingerprint density at radius 2 is 1.89 bits per heavy atom. The van der Waals surface area contributed by atoms with Gasteiger partial charge < -0.3 is 10.6 Å². The molecule has 0 amide bonds. The molecule has 0 aliphatic heterocycles. The Bertz CT molecular complexity index is 259. The number of rotatable bonds is 7. The molecule has 1 rings (SSSR count). The van der Waals surface area contributed by atoms with Crippen LogP contribution in [0.15, 0.2) is 0 Å². The summed E-state index contributed by atoms with van der Waals surface area (Å²) in [6.45, 7) is 16.5. The fourth-order valence-electron chi connectivity index (χ4n) is 3.64. The Labute approximate surface area is 123 Å². The largest absolute Gasteiger partial charge is 0.313 e. The summed E-state index contributed by atoms with van der Waals surface area (Å²) in [5.41, 5.74) is 0. The number of likely N-dealkylation sites (N-methyl/N-ethyl adjacent to an activating group) is 2. The van der Waals surface area contributed by atoms with E-state index in [-0.39, 0.29) is 9.52 Å². The molecule has 2 nitrogen and oxygen atoms in total. The lowest BCUT2D eigenvalue weighted by atomic mass is 9.89. The van der Waals surface area contributed by atoms with Crippen molar-refractivity contribution >= 4 is 9.52 Å². The van der Waals surface area contributed by atoms with E-state index in [1.54, 1.807) is 0 Å². The Balaban J connectivity index is 2.92. The van der Waals surface area contributed by atoms with E-state index in [0.29, 0.717) is 16.2 Å². The highest BCUT2D eigenvalue weighted by Crippen LogP contribution is 2.40. The second kappa shape index (κ2) is 7.23. The van der Waals surface area contributed by atoms with Gasteiger partial charge in [0.2, 0.25) is 0 Å². The first kappa shape index (κ1) is 17.2. The van der Waals surface area contributed by atoms with Crippen LogP contribution in [0, 0.1) is 5.92 Å². The third kappa shape index (κ3) is 4.30. The average Bonchev–Trinajstić information content (AvgIpc) is 2.32. The van der Waals surface area contributed by atoms with Gasteiger partial charge in [-0.1, -0.05) is 54.4 Å². The molecule has 1 fully saturated rings. The molecule has 3 heteroatoms. The third-order valence-corrected chi connectivity index (χ3v) is 8.80. The Morgan fingerprint density at radius 1 is 1.21 bits per heavy atom. The number of hydrogen-bond donors (Lipinski definition) is 2. The molecule has 0 bridgehead atoms. The van der Waals surface area contributed by atoms with Crippen molar-refractivity contribution < 1.29 is 0 Å². The van der Waals surface area contributed by atoms with Gasteiger partial charge in [0.25, 0.3) is 0 Å². The maximum Gasteiger partial charge on any atom is 0.0528 e. The second-order valence-corrected chi connectivity index (χ2v) is 10.8. The van der Waals surface area contributed by atoms with E-state index in [1.165, 1.54) is 25.7 Å². The lowest BCUT2D eigenvalue weighted by Gasteiger charge is -2.50. The first-order valence-corrected chi connectivity index (χ1v) is 9.78. The van der Waals surface area contributed by atoms with E-state index in [9.17, 15) is 0 Å². The van der Waals surface area contributed by atoms with E-state index in [2.05, 4.69) is 52.2 Å². The van der Waals surface area contributed by atoms with Gasteiger partial charge >= 0.3 is 0 Å². The van der Waals surface area contributed by atoms with Crippen LogP contribution < -0.4 is 10.6 Å². The molecule has 2 atom stereocenters. The van der Waals surface area contributed by atoms with Crippen molar-refractivity contribution in [1.29, 1.82) is 0 Å². The van der Waals surface area contributed by atoms with Crippen molar-refractivity contribution in [2.24, 2.45) is 5.92 Å². The minimum absolute atomic E-state index is 0.213. The predicted molar refractivity (Wildman–Crippen MR) is 89.8 cm³/mol. The van der Waals surface area contributed by atoms with Crippen LogP contribution >= 0.6 is 0 Å². The van der Waals surface area contributed by atoms with Crippen molar-refractivity contribution in [3.63, 3.8) is 0 Å². The molecule has 2 unspecified atom stereocenters. The van der Waals surface area contributed by atoms with Crippen molar-refractivity contribution in [2.75, 3.05) is 13.1 Å². The maximum atomic E-state index is 3.94. The van der Waals surface area contributed by atoms with Gasteiger partial charge in [0.15, 0.2) is 0 Å². The monoisotopic (exact) mass is 284 g/mol. The van der Waals surface area contributed by atoms with Crippen molar-refractivity contribution in [3.05, 3.63) is 0 Å². The van der Waals surface area contributed by atoms with Gasteiger partial charge in [-0.2, -0.15) is 0 Å². The van der Waals surface area contributed by atoms with Gasteiger partial charge in [0, 0.05) is 11.2 Å². The Hall–Kier alpha value is 0.137. The molecule has 0 saturated heterocycles. The summed E-state index contributed by atoms with van der Waals surface area (Å²) < 4.78 is 0. The van der Waals surface area contributed by atoms with Gasteiger partial charge in [-0.15, -0.1) is 0 Å². The van der Waals surface area contributed by atoms with Gasteiger partial charge in [-0.25, -0.2) is 0 Å².